The smallest absolute Gasteiger partial charge is 0.387 e. The second kappa shape index (κ2) is 3.92. The van der Waals surface area contributed by atoms with Gasteiger partial charge in [0, 0.05) is 5.54 Å². The van der Waals surface area contributed by atoms with Crippen LogP contribution in [0, 0.1) is 5.41 Å². The zero-order chi connectivity index (χ0) is 12.8. The van der Waals surface area contributed by atoms with Crippen molar-refractivity contribution in [1.82, 2.24) is 0 Å². The minimum atomic E-state index is -2.77. The molecule has 1 spiro atoms. The zero-order valence-electron chi connectivity index (χ0n) is 10.2. The molecule has 0 amide bonds. The maximum absolute atomic E-state index is 12.0. The van der Waals surface area contributed by atoms with Crippen molar-refractivity contribution in [2.24, 2.45) is 11.1 Å². The average Bonchev–Trinajstić information content (AvgIpc) is 2.22. The van der Waals surface area contributed by atoms with Gasteiger partial charge in [0.25, 0.3) is 0 Å². The molecule has 98 valence electrons. The Morgan fingerprint density at radius 3 is 2.17 bits per heavy atom. The predicted molar refractivity (Wildman–Crippen MR) is 64.5 cm³/mol. The highest BCUT2D eigenvalue weighted by molar-refractivity contribution is 5.35. The molecule has 2 aliphatic rings. The van der Waals surface area contributed by atoms with Gasteiger partial charge in [0.05, 0.1) is 0 Å². The Kier molecular flexibility index (Phi) is 2.59. The van der Waals surface area contributed by atoms with Crippen molar-refractivity contribution in [2.75, 3.05) is 0 Å². The average molecular weight is 253 g/mol. The van der Waals surface area contributed by atoms with Crippen molar-refractivity contribution in [1.29, 1.82) is 0 Å². The highest BCUT2D eigenvalue weighted by Gasteiger charge is 2.55. The summed E-state index contributed by atoms with van der Waals surface area (Å²) in [6.45, 7) is -2.77. The molecule has 4 heteroatoms. The Bertz CT molecular complexity index is 432. The van der Waals surface area contributed by atoms with Gasteiger partial charge in [-0.25, -0.2) is 0 Å². The first kappa shape index (κ1) is 11.9. The van der Waals surface area contributed by atoms with Gasteiger partial charge in [0.15, 0.2) is 0 Å². The van der Waals surface area contributed by atoms with Crippen molar-refractivity contribution in [3.05, 3.63) is 29.8 Å². The molecule has 0 heterocycles. The van der Waals surface area contributed by atoms with Gasteiger partial charge in [-0.15, -0.1) is 0 Å². The number of hydrogen-bond donors (Lipinski definition) is 1. The van der Waals surface area contributed by atoms with Crippen LogP contribution in [0.4, 0.5) is 8.78 Å². The number of nitrogens with two attached hydrogens (primary N) is 1. The van der Waals surface area contributed by atoms with Crippen molar-refractivity contribution in [3.8, 4) is 5.75 Å². The van der Waals surface area contributed by atoms with Crippen molar-refractivity contribution in [2.45, 2.75) is 44.3 Å². The summed E-state index contributed by atoms with van der Waals surface area (Å²) < 4.78 is 28.4. The molecule has 0 atom stereocenters. The van der Waals surface area contributed by atoms with Crippen LogP contribution in [-0.4, -0.2) is 6.61 Å². The number of hydrogen-bond acceptors (Lipinski definition) is 2. The normalized spacial score (nSPS) is 23.6. The van der Waals surface area contributed by atoms with E-state index < -0.39 is 6.61 Å². The number of alkyl halides is 2. The lowest BCUT2D eigenvalue weighted by molar-refractivity contribution is -0.0504. The first-order valence-corrected chi connectivity index (χ1v) is 6.36. The minimum Gasteiger partial charge on any atom is -0.435 e. The quantitative estimate of drug-likeness (QED) is 0.896. The number of benzene rings is 1. The SMILES string of the molecule is NC1(c2ccc(OC(F)F)cc2)CC2(CCC2)C1. The third-order valence-electron chi connectivity index (χ3n) is 4.45. The van der Waals surface area contributed by atoms with Crippen LogP contribution in [-0.2, 0) is 5.54 Å². The fraction of sp³-hybridized carbons (Fsp3) is 0.571. The molecule has 3 rings (SSSR count). The lowest BCUT2D eigenvalue weighted by Crippen LogP contribution is -2.58. The number of ether oxygens (including phenoxy) is 1. The fourth-order valence-electron chi connectivity index (χ4n) is 3.49. The van der Waals surface area contributed by atoms with Gasteiger partial charge in [-0.2, -0.15) is 8.78 Å². The second-order valence-electron chi connectivity index (χ2n) is 5.77. The van der Waals surface area contributed by atoms with Crippen molar-refractivity contribution < 1.29 is 13.5 Å². The van der Waals surface area contributed by atoms with Gasteiger partial charge in [-0.05, 0) is 48.8 Å². The van der Waals surface area contributed by atoms with Crippen LogP contribution in [0.5, 0.6) is 5.75 Å². The molecule has 2 aliphatic carbocycles. The molecule has 0 unspecified atom stereocenters. The van der Waals surface area contributed by atoms with Gasteiger partial charge < -0.3 is 10.5 Å². The van der Waals surface area contributed by atoms with E-state index in [9.17, 15) is 8.78 Å². The Morgan fingerprint density at radius 2 is 1.72 bits per heavy atom. The highest BCUT2D eigenvalue weighted by Crippen LogP contribution is 2.62. The Hall–Kier alpha value is -1.16. The predicted octanol–water partition coefficient (Wildman–Crippen LogP) is 3.41. The third-order valence-corrected chi connectivity index (χ3v) is 4.45. The van der Waals surface area contributed by atoms with E-state index in [4.69, 9.17) is 5.73 Å². The van der Waals surface area contributed by atoms with Crippen LogP contribution in [0.25, 0.3) is 0 Å². The molecule has 0 aliphatic heterocycles. The summed E-state index contributed by atoms with van der Waals surface area (Å²) in [5, 5.41) is 0. The molecule has 1 aromatic carbocycles. The van der Waals surface area contributed by atoms with Crippen LogP contribution in [0.3, 0.4) is 0 Å². The van der Waals surface area contributed by atoms with Gasteiger partial charge in [0.2, 0.25) is 0 Å². The van der Waals surface area contributed by atoms with E-state index in [-0.39, 0.29) is 11.3 Å². The minimum absolute atomic E-state index is 0.190. The third kappa shape index (κ3) is 1.88. The van der Waals surface area contributed by atoms with E-state index in [1.807, 2.05) is 12.1 Å². The summed E-state index contributed by atoms with van der Waals surface area (Å²) in [4.78, 5) is 0. The van der Waals surface area contributed by atoms with Crippen LogP contribution in [0.2, 0.25) is 0 Å². The molecule has 2 N–H and O–H groups in total. The van der Waals surface area contributed by atoms with E-state index >= 15 is 0 Å². The van der Waals surface area contributed by atoms with Crippen LogP contribution >= 0.6 is 0 Å². The lowest BCUT2D eigenvalue weighted by atomic mass is 9.47. The van der Waals surface area contributed by atoms with Gasteiger partial charge >= 0.3 is 6.61 Å². The Morgan fingerprint density at radius 1 is 1.11 bits per heavy atom. The molecule has 2 nitrogen and oxygen atoms in total. The van der Waals surface area contributed by atoms with Crippen molar-refractivity contribution >= 4 is 0 Å². The maximum Gasteiger partial charge on any atom is 0.387 e. The van der Waals surface area contributed by atoms with Gasteiger partial charge in [0.1, 0.15) is 5.75 Å². The summed E-state index contributed by atoms with van der Waals surface area (Å²) in [7, 11) is 0. The molecule has 0 bridgehead atoms. The standard InChI is InChI=1S/C14H17F2NO/c15-12(16)18-11-4-2-10(3-5-11)14(17)8-13(9-14)6-1-7-13/h2-5,12H,1,6-9,17H2. The maximum atomic E-state index is 12.0. The summed E-state index contributed by atoms with van der Waals surface area (Å²) >= 11 is 0. The van der Waals surface area contributed by atoms with Crippen LogP contribution in [0.15, 0.2) is 24.3 Å². The van der Waals surface area contributed by atoms with E-state index in [1.54, 1.807) is 12.1 Å². The molecule has 0 aromatic heterocycles. The highest BCUT2D eigenvalue weighted by atomic mass is 19.3. The van der Waals surface area contributed by atoms with E-state index in [2.05, 4.69) is 4.74 Å². The fourth-order valence-corrected chi connectivity index (χ4v) is 3.49. The Labute approximate surface area is 105 Å². The molecule has 0 saturated heterocycles. The summed E-state index contributed by atoms with van der Waals surface area (Å²) in [6.07, 6.45) is 5.94. The summed E-state index contributed by atoms with van der Waals surface area (Å²) in [5.74, 6) is 0.190. The topological polar surface area (TPSA) is 35.2 Å². The van der Waals surface area contributed by atoms with E-state index in [1.165, 1.54) is 19.3 Å². The molecule has 0 radical (unpaired) electrons. The first-order valence-electron chi connectivity index (χ1n) is 6.36. The van der Waals surface area contributed by atoms with Crippen LogP contribution in [0.1, 0.15) is 37.7 Å². The van der Waals surface area contributed by atoms with Crippen LogP contribution < -0.4 is 10.5 Å². The molecular formula is C14H17F2NO. The zero-order valence-corrected chi connectivity index (χ0v) is 10.2. The summed E-state index contributed by atoms with van der Waals surface area (Å²) in [5.41, 5.74) is 7.63. The molecule has 1 aromatic rings. The molecule has 2 fully saturated rings. The number of rotatable bonds is 3. The second-order valence-corrected chi connectivity index (χ2v) is 5.77. The lowest BCUT2D eigenvalue weighted by Gasteiger charge is -2.60. The Balaban J connectivity index is 1.69. The summed E-state index contributed by atoms with van der Waals surface area (Å²) in [6, 6.07) is 6.76. The monoisotopic (exact) mass is 253 g/mol. The van der Waals surface area contributed by atoms with E-state index in [0.717, 1.165) is 18.4 Å². The van der Waals surface area contributed by atoms with Gasteiger partial charge in [-0.1, -0.05) is 18.6 Å². The van der Waals surface area contributed by atoms with Gasteiger partial charge in [-0.3, -0.25) is 0 Å². The largest absolute Gasteiger partial charge is 0.435 e. The molecule has 18 heavy (non-hydrogen) atoms. The van der Waals surface area contributed by atoms with Crippen molar-refractivity contribution in [3.63, 3.8) is 0 Å². The van der Waals surface area contributed by atoms with E-state index in [0.29, 0.717) is 5.41 Å². The molecule has 2 saturated carbocycles. The molecular weight excluding hydrogens is 236 g/mol. The number of halogens is 2. The first-order chi connectivity index (χ1) is 8.51.